The molecule has 20 heavy (non-hydrogen) atoms. The standard InChI is InChI=1S/C14H19Cl2N3O/c1-2-5-17-13-9(15)7-10(16)14(19-13)18-11-6-8-3-4-12(11)20-8/h7-8,11-12H,2-6H2,1H3,(H2,17,18,19). The second-order valence-corrected chi connectivity index (χ2v) is 6.25. The fourth-order valence-corrected chi connectivity index (χ4v) is 3.38. The van der Waals surface area contributed by atoms with Crippen molar-refractivity contribution in [3.05, 3.63) is 16.1 Å². The maximum Gasteiger partial charge on any atom is 0.147 e. The van der Waals surface area contributed by atoms with Crippen LogP contribution in [0.5, 0.6) is 0 Å². The van der Waals surface area contributed by atoms with Crippen molar-refractivity contribution < 1.29 is 4.74 Å². The SMILES string of the molecule is CCCNc1nc(NC2CC3CCC2O3)c(Cl)cc1Cl. The molecule has 2 bridgehead atoms. The van der Waals surface area contributed by atoms with E-state index in [1.165, 1.54) is 6.42 Å². The van der Waals surface area contributed by atoms with Crippen LogP contribution in [0, 0.1) is 0 Å². The molecule has 1 aromatic rings. The van der Waals surface area contributed by atoms with E-state index in [0.29, 0.717) is 39.9 Å². The highest BCUT2D eigenvalue weighted by Crippen LogP contribution is 2.37. The Labute approximate surface area is 129 Å². The van der Waals surface area contributed by atoms with Crippen LogP contribution in [-0.2, 0) is 4.74 Å². The maximum absolute atomic E-state index is 6.24. The Morgan fingerprint density at radius 3 is 2.75 bits per heavy atom. The fourth-order valence-electron chi connectivity index (χ4n) is 2.90. The summed E-state index contributed by atoms with van der Waals surface area (Å²) in [4.78, 5) is 4.51. The van der Waals surface area contributed by atoms with Crippen molar-refractivity contribution >= 4 is 34.8 Å². The predicted molar refractivity (Wildman–Crippen MR) is 83.0 cm³/mol. The zero-order valence-corrected chi connectivity index (χ0v) is 13.0. The van der Waals surface area contributed by atoms with Crippen molar-refractivity contribution in [3.8, 4) is 0 Å². The molecule has 110 valence electrons. The number of aromatic nitrogens is 1. The van der Waals surface area contributed by atoms with Crippen molar-refractivity contribution in [2.24, 2.45) is 0 Å². The lowest BCUT2D eigenvalue weighted by Crippen LogP contribution is -2.31. The first-order chi connectivity index (χ1) is 9.67. The van der Waals surface area contributed by atoms with Gasteiger partial charge in [-0.1, -0.05) is 30.1 Å². The third kappa shape index (κ3) is 2.83. The van der Waals surface area contributed by atoms with Crippen molar-refractivity contribution in [1.29, 1.82) is 0 Å². The van der Waals surface area contributed by atoms with Crippen LogP contribution in [0.2, 0.25) is 10.0 Å². The summed E-state index contributed by atoms with van der Waals surface area (Å²) < 4.78 is 5.84. The summed E-state index contributed by atoms with van der Waals surface area (Å²) >= 11 is 12.4. The Morgan fingerprint density at radius 1 is 1.30 bits per heavy atom. The number of hydrogen-bond acceptors (Lipinski definition) is 4. The van der Waals surface area contributed by atoms with Gasteiger partial charge in [0.05, 0.1) is 28.3 Å². The molecule has 0 aromatic carbocycles. The van der Waals surface area contributed by atoms with Gasteiger partial charge >= 0.3 is 0 Å². The highest BCUT2D eigenvalue weighted by Gasteiger charge is 2.41. The molecule has 4 nitrogen and oxygen atoms in total. The minimum atomic E-state index is 0.292. The van der Waals surface area contributed by atoms with Crippen LogP contribution in [0.3, 0.4) is 0 Å². The summed E-state index contributed by atoms with van der Waals surface area (Å²) in [5.41, 5.74) is 0. The molecule has 3 heterocycles. The number of pyridine rings is 1. The van der Waals surface area contributed by atoms with Gasteiger partial charge in [0.15, 0.2) is 0 Å². The molecular formula is C14H19Cl2N3O. The maximum atomic E-state index is 6.24. The lowest BCUT2D eigenvalue weighted by atomic mass is 9.95. The van der Waals surface area contributed by atoms with Gasteiger partial charge in [0, 0.05) is 6.54 Å². The Kier molecular flexibility index (Phi) is 4.24. The second-order valence-electron chi connectivity index (χ2n) is 5.44. The predicted octanol–water partition coefficient (Wildman–Crippen LogP) is 3.94. The monoisotopic (exact) mass is 315 g/mol. The molecule has 2 N–H and O–H groups in total. The largest absolute Gasteiger partial charge is 0.373 e. The smallest absolute Gasteiger partial charge is 0.147 e. The summed E-state index contributed by atoms with van der Waals surface area (Å²) in [5, 5.41) is 7.74. The molecule has 2 aliphatic rings. The van der Waals surface area contributed by atoms with E-state index >= 15 is 0 Å². The first-order valence-electron chi connectivity index (χ1n) is 7.19. The first-order valence-corrected chi connectivity index (χ1v) is 7.95. The molecule has 0 amide bonds. The number of nitrogens with one attached hydrogen (secondary N) is 2. The van der Waals surface area contributed by atoms with Gasteiger partial charge in [-0.25, -0.2) is 4.98 Å². The molecule has 6 heteroatoms. The molecular weight excluding hydrogens is 297 g/mol. The summed E-state index contributed by atoms with van der Waals surface area (Å²) in [5.74, 6) is 1.38. The molecule has 2 fully saturated rings. The van der Waals surface area contributed by atoms with E-state index in [9.17, 15) is 0 Å². The van der Waals surface area contributed by atoms with Crippen LogP contribution in [0.4, 0.5) is 11.6 Å². The van der Waals surface area contributed by atoms with Crippen molar-refractivity contribution in [2.75, 3.05) is 17.2 Å². The third-order valence-corrected chi connectivity index (χ3v) is 4.48. The Bertz CT molecular complexity index is 498. The van der Waals surface area contributed by atoms with Gasteiger partial charge in [-0.3, -0.25) is 0 Å². The normalized spacial score (nSPS) is 27.9. The van der Waals surface area contributed by atoms with Crippen LogP contribution >= 0.6 is 23.2 Å². The average Bonchev–Trinajstić information content (AvgIpc) is 3.03. The number of nitrogens with zero attached hydrogens (tertiary/aromatic N) is 1. The molecule has 1 aromatic heterocycles. The Hall–Kier alpha value is -0.710. The Morgan fingerprint density at radius 2 is 2.10 bits per heavy atom. The Balaban J connectivity index is 1.74. The van der Waals surface area contributed by atoms with E-state index in [4.69, 9.17) is 27.9 Å². The van der Waals surface area contributed by atoms with Crippen LogP contribution in [0.1, 0.15) is 32.6 Å². The van der Waals surface area contributed by atoms with Crippen LogP contribution < -0.4 is 10.6 Å². The summed E-state index contributed by atoms with van der Waals surface area (Å²) in [6.45, 7) is 2.94. The van der Waals surface area contributed by atoms with Crippen LogP contribution in [0.15, 0.2) is 6.07 Å². The minimum absolute atomic E-state index is 0.292. The number of halogens is 2. The molecule has 0 saturated carbocycles. The van der Waals surface area contributed by atoms with Crippen LogP contribution in [0.25, 0.3) is 0 Å². The fraction of sp³-hybridized carbons (Fsp3) is 0.643. The molecule has 2 aliphatic heterocycles. The van der Waals surface area contributed by atoms with Crippen molar-refractivity contribution in [3.63, 3.8) is 0 Å². The second kappa shape index (κ2) is 5.96. The first kappa shape index (κ1) is 14.2. The summed E-state index contributed by atoms with van der Waals surface area (Å²) in [7, 11) is 0. The number of ether oxygens (including phenoxy) is 1. The number of fused-ring (bicyclic) bond motifs is 2. The quantitative estimate of drug-likeness (QED) is 0.864. The molecule has 0 aliphatic carbocycles. The van der Waals surface area contributed by atoms with E-state index in [1.807, 2.05) is 0 Å². The lowest BCUT2D eigenvalue weighted by Gasteiger charge is -2.22. The number of anilines is 2. The van der Waals surface area contributed by atoms with E-state index in [2.05, 4.69) is 22.5 Å². The van der Waals surface area contributed by atoms with Gasteiger partial charge in [0.25, 0.3) is 0 Å². The summed E-state index contributed by atoms with van der Waals surface area (Å²) in [6.07, 6.45) is 5.04. The van der Waals surface area contributed by atoms with E-state index in [-0.39, 0.29) is 0 Å². The average molecular weight is 316 g/mol. The molecule has 3 rings (SSSR count). The molecule has 3 atom stereocenters. The van der Waals surface area contributed by atoms with Crippen LogP contribution in [-0.4, -0.2) is 29.8 Å². The van der Waals surface area contributed by atoms with Gasteiger partial charge in [-0.15, -0.1) is 0 Å². The van der Waals surface area contributed by atoms with E-state index < -0.39 is 0 Å². The topological polar surface area (TPSA) is 46.2 Å². The molecule has 2 saturated heterocycles. The molecule has 0 spiro atoms. The molecule has 3 unspecified atom stereocenters. The van der Waals surface area contributed by atoms with Crippen molar-refractivity contribution in [1.82, 2.24) is 4.98 Å². The number of rotatable bonds is 5. The van der Waals surface area contributed by atoms with Gasteiger partial charge < -0.3 is 15.4 Å². The van der Waals surface area contributed by atoms with Gasteiger partial charge in [-0.05, 0) is 31.7 Å². The zero-order valence-electron chi connectivity index (χ0n) is 11.5. The van der Waals surface area contributed by atoms with Gasteiger partial charge in [-0.2, -0.15) is 0 Å². The van der Waals surface area contributed by atoms with E-state index in [1.54, 1.807) is 6.07 Å². The third-order valence-electron chi connectivity index (χ3n) is 3.90. The van der Waals surface area contributed by atoms with Gasteiger partial charge in [0.1, 0.15) is 11.6 Å². The highest BCUT2D eigenvalue weighted by molar-refractivity contribution is 6.37. The lowest BCUT2D eigenvalue weighted by molar-refractivity contribution is 0.102. The minimum Gasteiger partial charge on any atom is -0.373 e. The zero-order chi connectivity index (χ0) is 14.1. The highest BCUT2D eigenvalue weighted by atomic mass is 35.5. The molecule has 0 radical (unpaired) electrons. The summed E-state index contributed by atoms with van der Waals surface area (Å²) in [6, 6.07) is 2.05. The van der Waals surface area contributed by atoms with Gasteiger partial charge in [0.2, 0.25) is 0 Å². The number of hydrogen-bond donors (Lipinski definition) is 2. The van der Waals surface area contributed by atoms with Crippen molar-refractivity contribution in [2.45, 2.75) is 50.9 Å². The van der Waals surface area contributed by atoms with E-state index in [0.717, 1.165) is 25.8 Å².